The van der Waals surface area contributed by atoms with Gasteiger partial charge >= 0.3 is 0 Å². The van der Waals surface area contributed by atoms with E-state index in [1.807, 2.05) is 12.4 Å². The van der Waals surface area contributed by atoms with Crippen molar-refractivity contribution in [2.75, 3.05) is 6.54 Å². The third kappa shape index (κ3) is 3.91. The number of hydrogen-bond acceptors (Lipinski definition) is 4. The molecule has 0 radical (unpaired) electrons. The van der Waals surface area contributed by atoms with E-state index in [4.69, 9.17) is 0 Å². The van der Waals surface area contributed by atoms with Gasteiger partial charge in [0.2, 0.25) is 5.91 Å². The maximum absolute atomic E-state index is 12.2. The van der Waals surface area contributed by atoms with Gasteiger partial charge in [0, 0.05) is 4.88 Å². The second kappa shape index (κ2) is 6.68. The van der Waals surface area contributed by atoms with Crippen LogP contribution in [-0.2, 0) is 11.3 Å². The number of carbonyl (C=O) groups excluding carboxylic acids is 1. The standard InChI is InChI=1S/C13H21N3OS.ClH/c1-9-10(18-8-16-9)7-15-12(17)11-13(2,3)5-4-6-14-11;/h8,11,14H,4-7H2,1-3H3,(H,15,17);1H. The number of carbonyl (C=O) groups is 1. The number of halogens is 1. The Bertz CT molecular complexity index is 433. The molecule has 0 saturated carbocycles. The number of thiazole rings is 1. The van der Waals surface area contributed by atoms with E-state index in [1.54, 1.807) is 11.3 Å². The topological polar surface area (TPSA) is 54.0 Å². The van der Waals surface area contributed by atoms with E-state index in [-0.39, 0.29) is 29.8 Å². The number of nitrogens with zero attached hydrogens (tertiary/aromatic N) is 1. The number of piperidine rings is 1. The molecule has 1 aliphatic rings. The zero-order valence-corrected chi connectivity index (χ0v) is 13.3. The minimum atomic E-state index is -0.0838. The average Bonchev–Trinajstić information content (AvgIpc) is 2.71. The van der Waals surface area contributed by atoms with Crippen molar-refractivity contribution in [2.45, 2.75) is 46.2 Å². The molecular formula is C13H22ClN3OS. The SMILES string of the molecule is Cc1ncsc1CNC(=O)C1NCCCC1(C)C.Cl. The summed E-state index contributed by atoms with van der Waals surface area (Å²) in [4.78, 5) is 17.6. The predicted molar refractivity (Wildman–Crippen MR) is 80.8 cm³/mol. The summed E-state index contributed by atoms with van der Waals surface area (Å²) in [5.41, 5.74) is 2.86. The van der Waals surface area contributed by atoms with Gasteiger partial charge in [-0.05, 0) is 31.7 Å². The number of aromatic nitrogens is 1. The van der Waals surface area contributed by atoms with Crippen molar-refractivity contribution in [3.63, 3.8) is 0 Å². The van der Waals surface area contributed by atoms with Crippen LogP contribution >= 0.6 is 23.7 Å². The van der Waals surface area contributed by atoms with Gasteiger partial charge in [-0.1, -0.05) is 13.8 Å². The monoisotopic (exact) mass is 303 g/mol. The van der Waals surface area contributed by atoms with Gasteiger partial charge in [0.25, 0.3) is 0 Å². The summed E-state index contributed by atoms with van der Waals surface area (Å²) in [6.45, 7) is 7.80. The third-order valence-electron chi connectivity index (χ3n) is 3.66. The van der Waals surface area contributed by atoms with E-state index >= 15 is 0 Å². The largest absolute Gasteiger partial charge is 0.350 e. The number of amides is 1. The van der Waals surface area contributed by atoms with Gasteiger partial charge in [0.15, 0.2) is 0 Å². The highest BCUT2D eigenvalue weighted by atomic mass is 35.5. The fourth-order valence-corrected chi connectivity index (χ4v) is 3.14. The van der Waals surface area contributed by atoms with Crippen LogP contribution in [0.25, 0.3) is 0 Å². The minimum Gasteiger partial charge on any atom is -0.350 e. The molecule has 1 aliphatic heterocycles. The summed E-state index contributed by atoms with van der Waals surface area (Å²) in [6, 6.07) is -0.0838. The normalized spacial score (nSPS) is 21.5. The van der Waals surface area contributed by atoms with Crippen molar-refractivity contribution in [3.8, 4) is 0 Å². The Balaban J connectivity index is 0.00000180. The molecule has 0 aromatic carbocycles. The second-order valence-corrected chi connectivity index (χ2v) is 6.50. The summed E-state index contributed by atoms with van der Waals surface area (Å²) < 4.78 is 0. The molecule has 0 spiro atoms. The molecule has 108 valence electrons. The third-order valence-corrected chi connectivity index (χ3v) is 4.59. The maximum atomic E-state index is 12.2. The quantitative estimate of drug-likeness (QED) is 0.900. The van der Waals surface area contributed by atoms with Gasteiger partial charge in [0.1, 0.15) is 0 Å². The second-order valence-electron chi connectivity index (χ2n) is 5.56. The Kier molecular flexibility index (Phi) is 5.77. The van der Waals surface area contributed by atoms with Crippen molar-refractivity contribution in [2.24, 2.45) is 5.41 Å². The van der Waals surface area contributed by atoms with Crippen LogP contribution in [0.15, 0.2) is 5.51 Å². The smallest absolute Gasteiger partial charge is 0.237 e. The van der Waals surface area contributed by atoms with Gasteiger partial charge in [-0.3, -0.25) is 4.79 Å². The molecule has 1 aromatic heterocycles. The summed E-state index contributed by atoms with van der Waals surface area (Å²) in [5, 5.41) is 6.35. The van der Waals surface area contributed by atoms with Crippen molar-refractivity contribution in [1.29, 1.82) is 0 Å². The zero-order chi connectivity index (χ0) is 13.2. The first-order valence-corrected chi connectivity index (χ1v) is 7.29. The highest BCUT2D eigenvalue weighted by Gasteiger charge is 2.36. The molecule has 1 atom stereocenters. The molecule has 2 rings (SSSR count). The Hall–Kier alpha value is -0.650. The zero-order valence-electron chi connectivity index (χ0n) is 11.7. The first-order chi connectivity index (χ1) is 8.50. The highest BCUT2D eigenvalue weighted by molar-refractivity contribution is 7.09. The van der Waals surface area contributed by atoms with Crippen LogP contribution in [0.3, 0.4) is 0 Å². The lowest BCUT2D eigenvalue weighted by molar-refractivity contribution is -0.126. The summed E-state index contributed by atoms with van der Waals surface area (Å²) in [5.74, 6) is 0.104. The van der Waals surface area contributed by atoms with E-state index in [2.05, 4.69) is 29.5 Å². The van der Waals surface area contributed by atoms with E-state index < -0.39 is 0 Å². The fourth-order valence-electron chi connectivity index (χ4n) is 2.42. The van der Waals surface area contributed by atoms with Crippen LogP contribution in [0, 0.1) is 12.3 Å². The summed E-state index contributed by atoms with van der Waals surface area (Å²) in [7, 11) is 0. The van der Waals surface area contributed by atoms with Crippen LogP contribution in [0.1, 0.15) is 37.3 Å². The molecule has 1 saturated heterocycles. The van der Waals surface area contributed by atoms with Gasteiger partial charge in [-0.15, -0.1) is 23.7 Å². The number of nitrogens with one attached hydrogen (secondary N) is 2. The summed E-state index contributed by atoms with van der Waals surface area (Å²) in [6.07, 6.45) is 2.24. The number of hydrogen-bond donors (Lipinski definition) is 2. The first kappa shape index (κ1) is 16.4. The number of rotatable bonds is 3. The van der Waals surface area contributed by atoms with Gasteiger partial charge in [-0.25, -0.2) is 4.98 Å². The van der Waals surface area contributed by atoms with Crippen molar-refractivity contribution in [3.05, 3.63) is 16.1 Å². The maximum Gasteiger partial charge on any atom is 0.237 e. The molecule has 1 fully saturated rings. The lowest BCUT2D eigenvalue weighted by atomic mass is 9.77. The average molecular weight is 304 g/mol. The lowest BCUT2D eigenvalue weighted by Gasteiger charge is -2.38. The van der Waals surface area contributed by atoms with Gasteiger partial charge in [0.05, 0.1) is 23.8 Å². The Labute approximate surface area is 124 Å². The molecule has 1 aromatic rings. The number of aryl methyl sites for hydroxylation is 1. The van der Waals surface area contributed by atoms with Gasteiger partial charge < -0.3 is 10.6 Å². The molecule has 1 unspecified atom stereocenters. The molecule has 1 amide bonds. The molecular weight excluding hydrogens is 282 g/mol. The molecule has 2 N–H and O–H groups in total. The lowest BCUT2D eigenvalue weighted by Crippen LogP contribution is -2.55. The van der Waals surface area contributed by atoms with Crippen molar-refractivity contribution < 1.29 is 4.79 Å². The Morgan fingerprint density at radius 2 is 2.37 bits per heavy atom. The molecule has 4 nitrogen and oxygen atoms in total. The van der Waals surface area contributed by atoms with Crippen molar-refractivity contribution in [1.82, 2.24) is 15.6 Å². The minimum absolute atomic E-state index is 0. The van der Waals surface area contributed by atoms with Crippen LogP contribution in [0.2, 0.25) is 0 Å². The van der Waals surface area contributed by atoms with Crippen LogP contribution in [0.5, 0.6) is 0 Å². The molecule has 19 heavy (non-hydrogen) atoms. The molecule has 2 heterocycles. The van der Waals surface area contributed by atoms with Crippen LogP contribution in [-0.4, -0.2) is 23.5 Å². The fraction of sp³-hybridized carbons (Fsp3) is 0.692. The van der Waals surface area contributed by atoms with Crippen molar-refractivity contribution >= 4 is 29.7 Å². The highest BCUT2D eigenvalue weighted by Crippen LogP contribution is 2.30. The molecule has 0 bridgehead atoms. The van der Waals surface area contributed by atoms with Crippen LogP contribution in [0.4, 0.5) is 0 Å². The van der Waals surface area contributed by atoms with Crippen LogP contribution < -0.4 is 10.6 Å². The van der Waals surface area contributed by atoms with Gasteiger partial charge in [-0.2, -0.15) is 0 Å². The Morgan fingerprint density at radius 3 is 2.95 bits per heavy atom. The van der Waals surface area contributed by atoms with E-state index in [1.165, 1.54) is 0 Å². The summed E-state index contributed by atoms with van der Waals surface area (Å²) >= 11 is 1.59. The Morgan fingerprint density at radius 1 is 1.63 bits per heavy atom. The molecule has 6 heteroatoms. The predicted octanol–water partition coefficient (Wildman–Crippen LogP) is 2.27. The first-order valence-electron chi connectivity index (χ1n) is 6.41. The van der Waals surface area contributed by atoms with E-state index in [0.29, 0.717) is 6.54 Å². The van der Waals surface area contributed by atoms with E-state index in [9.17, 15) is 4.79 Å². The van der Waals surface area contributed by atoms with E-state index in [0.717, 1.165) is 30.0 Å². The molecule has 0 aliphatic carbocycles.